The predicted octanol–water partition coefficient (Wildman–Crippen LogP) is 2.77. The van der Waals surface area contributed by atoms with E-state index in [0.717, 1.165) is 12.1 Å². The molecule has 2 N–H and O–H groups in total. The number of hydrogen-bond donors (Lipinski definition) is 2. The van der Waals surface area contributed by atoms with Gasteiger partial charge in [0.05, 0.1) is 11.6 Å². The molecule has 1 aliphatic rings. The van der Waals surface area contributed by atoms with Crippen molar-refractivity contribution in [2.75, 3.05) is 5.32 Å². The Morgan fingerprint density at radius 2 is 1.83 bits per heavy atom. The third kappa shape index (κ3) is 1.94. The van der Waals surface area contributed by atoms with Gasteiger partial charge in [-0.05, 0) is 29.3 Å². The van der Waals surface area contributed by atoms with Crippen molar-refractivity contribution in [2.45, 2.75) is 12.7 Å². The summed E-state index contributed by atoms with van der Waals surface area (Å²) in [5.74, 6) is 0. The molecule has 0 aliphatic carbocycles. The van der Waals surface area contributed by atoms with Gasteiger partial charge in [-0.15, -0.1) is 0 Å². The molecule has 1 unspecified atom stereocenters. The fourth-order valence-electron chi connectivity index (χ4n) is 2.19. The minimum atomic E-state index is 0.104. The van der Waals surface area contributed by atoms with Crippen LogP contribution in [0.4, 0.5) is 5.69 Å². The molecule has 0 aromatic heterocycles. The molecular formula is C15H13N3. The largest absolute Gasteiger partial charge is 0.366 e. The summed E-state index contributed by atoms with van der Waals surface area (Å²) in [6.07, 6.45) is 0.104. The fourth-order valence-corrected chi connectivity index (χ4v) is 2.19. The molecule has 0 amide bonds. The average Bonchev–Trinajstić information content (AvgIpc) is 2.47. The van der Waals surface area contributed by atoms with E-state index < -0.39 is 0 Å². The van der Waals surface area contributed by atoms with Crippen LogP contribution in [0.25, 0.3) is 0 Å². The van der Waals surface area contributed by atoms with Crippen LogP contribution in [0.5, 0.6) is 0 Å². The van der Waals surface area contributed by atoms with Gasteiger partial charge in [0, 0.05) is 12.2 Å². The zero-order valence-electron chi connectivity index (χ0n) is 9.85. The highest BCUT2D eigenvalue weighted by Crippen LogP contribution is 2.26. The van der Waals surface area contributed by atoms with E-state index in [4.69, 9.17) is 5.26 Å². The number of para-hydroxylation sites is 1. The lowest BCUT2D eigenvalue weighted by Crippen LogP contribution is -2.32. The highest BCUT2D eigenvalue weighted by atomic mass is 15.1. The first-order chi connectivity index (χ1) is 8.86. The number of nitrogens with one attached hydrogen (secondary N) is 2. The molecule has 1 aliphatic heterocycles. The molecule has 0 spiro atoms. The lowest BCUT2D eigenvalue weighted by molar-refractivity contribution is 0.566. The maximum atomic E-state index is 8.79. The SMILES string of the molecule is N#Cc1ccc(C2NCc3ccccc3N2)cc1. The van der Waals surface area contributed by atoms with Crippen LogP contribution in [-0.4, -0.2) is 0 Å². The maximum absolute atomic E-state index is 8.79. The molecule has 0 fully saturated rings. The zero-order chi connectivity index (χ0) is 12.4. The van der Waals surface area contributed by atoms with Gasteiger partial charge in [0.1, 0.15) is 6.17 Å². The van der Waals surface area contributed by atoms with Crippen molar-refractivity contribution in [3.8, 4) is 6.07 Å². The second-order valence-electron chi connectivity index (χ2n) is 4.35. The third-order valence-corrected chi connectivity index (χ3v) is 3.19. The summed E-state index contributed by atoms with van der Waals surface area (Å²) in [7, 11) is 0. The molecule has 18 heavy (non-hydrogen) atoms. The molecule has 3 rings (SSSR count). The maximum Gasteiger partial charge on any atom is 0.103 e. The van der Waals surface area contributed by atoms with Gasteiger partial charge in [-0.1, -0.05) is 30.3 Å². The standard InChI is InChI=1S/C15H13N3/c16-9-11-5-7-12(8-6-11)15-17-10-13-3-1-2-4-14(13)18-15/h1-8,15,17-18H,10H2. The van der Waals surface area contributed by atoms with Crippen molar-refractivity contribution in [1.82, 2.24) is 5.32 Å². The molecule has 2 aromatic carbocycles. The topological polar surface area (TPSA) is 47.9 Å². The molecule has 88 valence electrons. The Morgan fingerprint density at radius 3 is 2.61 bits per heavy atom. The highest BCUT2D eigenvalue weighted by molar-refractivity contribution is 5.54. The van der Waals surface area contributed by atoms with Gasteiger partial charge in [-0.25, -0.2) is 0 Å². The molecule has 3 heteroatoms. The average molecular weight is 235 g/mol. The van der Waals surface area contributed by atoms with Crippen LogP contribution >= 0.6 is 0 Å². The van der Waals surface area contributed by atoms with Gasteiger partial charge in [0.2, 0.25) is 0 Å². The van der Waals surface area contributed by atoms with Crippen LogP contribution in [0.3, 0.4) is 0 Å². The Morgan fingerprint density at radius 1 is 1.06 bits per heavy atom. The Labute approximate surface area is 106 Å². The molecule has 0 saturated carbocycles. The predicted molar refractivity (Wildman–Crippen MR) is 70.8 cm³/mol. The summed E-state index contributed by atoms with van der Waals surface area (Å²) in [4.78, 5) is 0. The molecule has 0 radical (unpaired) electrons. The minimum Gasteiger partial charge on any atom is -0.366 e. The van der Waals surface area contributed by atoms with E-state index in [2.05, 4.69) is 28.8 Å². The van der Waals surface area contributed by atoms with Crippen molar-refractivity contribution in [1.29, 1.82) is 5.26 Å². The van der Waals surface area contributed by atoms with Crippen molar-refractivity contribution in [3.63, 3.8) is 0 Å². The number of rotatable bonds is 1. The fraction of sp³-hybridized carbons (Fsp3) is 0.133. The van der Waals surface area contributed by atoms with E-state index in [-0.39, 0.29) is 6.17 Å². The van der Waals surface area contributed by atoms with Gasteiger partial charge in [0.25, 0.3) is 0 Å². The lowest BCUT2D eigenvalue weighted by Gasteiger charge is -2.28. The highest BCUT2D eigenvalue weighted by Gasteiger charge is 2.17. The smallest absolute Gasteiger partial charge is 0.103 e. The Balaban J connectivity index is 1.85. The quantitative estimate of drug-likeness (QED) is 0.799. The summed E-state index contributed by atoms with van der Waals surface area (Å²) in [5.41, 5.74) is 4.28. The van der Waals surface area contributed by atoms with E-state index >= 15 is 0 Å². The third-order valence-electron chi connectivity index (χ3n) is 3.19. The summed E-state index contributed by atoms with van der Waals surface area (Å²) in [5, 5.41) is 15.7. The van der Waals surface area contributed by atoms with Crippen molar-refractivity contribution >= 4 is 5.69 Å². The van der Waals surface area contributed by atoms with Crippen molar-refractivity contribution in [3.05, 3.63) is 65.2 Å². The lowest BCUT2D eigenvalue weighted by atomic mass is 10.1. The normalized spacial score (nSPS) is 17.4. The first-order valence-corrected chi connectivity index (χ1v) is 5.95. The molecule has 1 atom stereocenters. The second kappa shape index (κ2) is 4.52. The van der Waals surface area contributed by atoms with E-state index in [1.807, 2.05) is 36.4 Å². The first kappa shape index (κ1) is 10.8. The molecule has 2 aromatic rings. The number of nitriles is 1. The van der Waals surface area contributed by atoms with Crippen molar-refractivity contribution < 1.29 is 0 Å². The van der Waals surface area contributed by atoms with Crippen LogP contribution in [0.1, 0.15) is 22.9 Å². The van der Waals surface area contributed by atoms with E-state index in [1.54, 1.807) is 0 Å². The van der Waals surface area contributed by atoms with Crippen LogP contribution < -0.4 is 10.6 Å². The monoisotopic (exact) mass is 235 g/mol. The molecule has 1 heterocycles. The van der Waals surface area contributed by atoms with Crippen LogP contribution in [0.2, 0.25) is 0 Å². The first-order valence-electron chi connectivity index (χ1n) is 5.95. The summed E-state index contributed by atoms with van der Waals surface area (Å²) in [6, 6.07) is 18.1. The van der Waals surface area contributed by atoms with Gasteiger partial charge in [-0.2, -0.15) is 5.26 Å². The Kier molecular flexibility index (Phi) is 2.71. The van der Waals surface area contributed by atoms with Crippen LogP contribution in [0.15, 0.2) is 48.5 Å². The molecular weight excluding hydrogens is 222 g/mol. The van der Waals surface area contributed by atoms with Gasteiger partial charge in [-0.3, -0.25) is 5.32 Å². The second-order valence-corrected chi connectivity index (χ2v) is 4.35. The van der Waals surface area contributed by atoms with E-state index in [1.165, 1.54) is 11.3 Å². The summed E-state index contributed by atoms with van der Waals surface area (Å²) < 4.78 is 0. The summed E-state index contributed by atoms with van der Waals surface area (Å²) in [6.45, 7) is 0.855. The van der Waals surface area contributed by atoms with Crippen molar-refractivity contribution in [2.24, 2.45) is 0 Å². The number of nitrogens with zero attached hydrogens (tertiary/aromatic N) is 1. The summed E-state index contributed by atoms with van der Waals surface area (Å²) >= 11 is 0. The zero-order valence-corrected chi connectivity index (χ0v) is 9.85. The van der Waals surface area contributed by atoms with E-state index in [9.17, 15) is 0 Å². The van der Waals surface area contributed by atoms with Crippen LogP contribution in [-0.2, 0) is 6.54 Å². The van der Waals surface area contributed by atoms with Gasteiger partial charge < -0.3 is 5.32 Å². The Hall–Kier alpha value is -2.31. The Bertz CT molecular complexity index is 596. The molecule has 0 saturated heterocycles. The number of hydrogen-bond acceptors (Lipinski definition) is 3. The van der Waals surface area contributed by atoms with E-state index in [0.29, 0.717) is 5.56 Å². The molecule has 0 bridgehead atoms. The van der Waals surface area contributed by atoms with Gasteiger partial charge in [0.15, 0.2) is 0 Å². The van der Waals surface area contributed by atoms with Gasteiger partial charge >= 0.3 is 0 Å². The number of anilines is 1. The number of benzene rings is 2. The molecule has 3 nitrogen and oxygen atoms in total. The number of fused-ring (bicyclic) bond motifs is 1. The minimum absolute atomic E-state index is 0.104. The van der Waals surface area contributed by atoms with Crippen LogP contribution in [0, 0.1) is 11.3 Å².